The molecule has 3 aromatic rings. The fourth-order valence-electron chi connectivity index (χ4n) is 2.72. The Morgan fingerprint density at radius 3 is 2.86 bits per heavy atom. The van der Waals surface area contributed by atoms with Crippen molar-refractivity contribution < 1.29 is 8.81 Å². The van der Waals surface area contributed by atoms with Gasteiger partial charge in [-0.25, -0.2) is 4.39 Å². The number of hydrogen-bond donors (Lipinski definition) is 0. The number of hydrogen-bond acceptors (Lipinski definition) is 5. The number of thiazole rings is 1. The minimum absolute atomic E-state index is 0.132. The molecule has 4 nitrogen and oxygen atoms in total. The van der Waals surface area contributed by atoms with E-state index in [1.165, 1.54) is 36.0 Å². The molecule has 0 bridgehead atoms. The molecule has 0 amide bonds. The molecule has 1 fully saturated rings. The number of nitrogens with zero attached hydrogens (tertiary/aromatic N) is 2. The standard InChI is InChI=1S/C15H13FN2O2S/c16-9-4-5-10-11(8-9)20-14-13(12(10)19)21-15(17-14)18-6-2-1-3-7-18/h4-5,8H,1-3,6-7H2. The second-order valence-electron chi connectivity index (χ2n) is 5.25. The Morgan fingerprint density at radius 1 is 1.24 bits per heavy atom. The number of anilines is 1. The fourth-order valence-corrected chi connectivity index (χ4v) is 3.72. The first-order chi connectivity index (χ1) is 10.2. The Balaban J connectivity index is 1.92. The zero-order chi connectivity index (χ0) is 14.4. The summed E-state index contributed by atoms with van der Waals surface area (Å²) in [7, 11) is 0. The van der Waals surface area contributed by atoms with E-state index in [1.807, 2.05) is 0 Å². The van der Waals surface area contributed by atoms with Crippen LogP contribution < -0.4 is 10.3 Å². The van der Waals surface area contributed by atoms with Gasteiger partial charge in [0.1, 0.15) is 16.1 Å². The molecule has 1 aliphatic heterocycles. The molecule has 1 saturated heterocycles. The number of rotatable bonds is 1. The van der Waals surface area contributed by atoms with Crippen molar-refractivity contribution in [1.29, 1.82) is 0 Å². The van der Waals surface area contributed by atoms with Gasteiger partial charge in [-0.15, -0.1) is 0 Å². The van der Waals surface area contributed by atoms with Gasteiger partial charge in [0.05, 0.1) is 5.39 Å². The van der Waals surface area contributed by atoms with Gasteiger partial charge in [-0.2, -0.15) is 4.98 Å². The Morgan fingerprint density at radius 2 is 2.05 bits per heavy atom. The summed E-state index contributed by atoms with van der Waals surface area (Å²) in [5, 5.41) is 1.22. The molecule has 2 aromatic heterocycles. The average Bonchev–Trinajstić information content (AvgIpc) is 2.92. The first-order valence-corrected chi connectivity index (χ1v) is 7.82. The molecule has 3 heterocycles. The SMILES string of the molecule is O=c1c2ccc(F)cc2oc2nc(N3CCCCC3)sc12. The summed E-state index contributed by atoms with van der Waals surface area (Å²) >= 11 is 1.36. The zero-order valence-corrected chi connectivity index (χ0v) is 12.1. The van der Waals surface area contributed by atoms with Crippen molar-refractivity contribution in [3.8, 4) is 0 Å². The molecule has 0 N–H and O–H groups in total. The van der Waals surface area contributed by atoms with E-state index in [1.54, 1.807) is 0 Å². The van der Waals surface area contributed by atoms with E-state index >= 15 is 0 Å². The molecule has 4 rings (SSSR count). The highest BCUT2D eigenvalue weighted by molar-refractivity contribution is 7.22. The molecular formula is C15H13FN2O2S. The predicted molar refractivity (Wildman–Crippen MR) is 81.7 cm³/mol. The molecule has 0 radical (unpaired) electrons. The second kappa shape index (κ2) is 4.80. The Labute approximate surface area is 123 Å². The maximum Gasteiger partial charge on any atom is 0.243 e. The summed E-state index contributed by atoms with van der Waals surface area (Å²) < 4.78 is 19.4. The number of benzene rings is 1. The quantitative estimate of drug-likeness (QED) is 0.690. The highest BCUT2D eigenvalue weighted by Crippen LogP contribution is 2.30. The molecule has 0 spiro atoms. The van der Waals surface area contributed by atoms with E-state index in [-0.39, 0.29) is 11.0 Å². The number of halogens is 1. The van der Waals surface area contributed by atoms with Crippen LogP contribution in [-0.4, -0.2) is 18.1 Å². The monoisotopic (exact) mass is 304 g/mol. The second-order valence-corrected chi connectivity index (χ2v) is 6.23. The third-order valence-corrected chi connectivity index (χ3v) is 4.91. The summed E-state index contributed by atoms with van der Waals surface area (Å²) in [4.78, 5) is 19.1. The summed E-state index contributed by atoms with van der Waals surface area (Å²) in [5.41, 5.74) is 0.429. The van der Waals surface area contributed by atoms with Gasteiger partial charge in [0.25, 0.3) is 0 Å². The van der Waals surface area contributed by atoms with Crippen LogP contribution in [0.1, 0.15) is 19.3 Å². The predicted octanol–water partition coefficient (Wildman–Crippen LogP) is 3.53. The van der Waals surface area contributed by atoms with Gasteiger partial charge in [-0.1, -0.05) is 11.3 Å². The van der Waals surface area contributed by atoms with Crippen molar-refractivity contribution in [3.05, 3.63) is 34.2 Å². The Kier molecular flexibility index (Phi) is 2.92. The Hall–Kier alpha value is -1.95. The average molecular weight is 304 g/mol. The van der Waals surface area contributed by atoms with Crippen molar-refractivity contribution in [2.45, 2.75) is 19.3 Å². The fraction of sp³-hybridized carbons (Fsp3) is 0.333. The van der Waals surface area contributed by atoms with Crippen LogP contribution in [0.4, 0.5) is 9.52 Å². The van der Waals surface area contributed by atoms with E-state index in [2.05, 4.69) is 9.88 Å². The highest BCUT2D eigenvalue weighted by atomic mass is 32.1. The third kappa shape index (κ3) is 2.10. The van der Waals surface area contributed by atoms with Crippen LogP contribution in [0.25, 0.3) is 21.4 Å². The van der Waals surface area contributed by atoms with Crippen LogP contribution in [0, 0.1) is 5.82 Å². The summed E-state index contributed by atoms with van der Waals surface area (Å²) in [6.07, 6.45) is 3.52. The van der Waals surface area contributed by atoms with Gasteiger partial charge >= 0.3 is 0 Å². The van der Waals surface area contributed by atoms with Crippen LogP contribution in [0.5, 0.6) is 0 Å². The van der Waals surface area contributed by atoms with E-state index in [9.17, 15) is 9.18 Å². The van der Waals surface area contributed by atoms with Gasteiger partial charge in [0, 0.05) is 19.2 Å². The molecule has 1 aliphatic rings. The minimum Gasteiger partial charge on any atom is -0.436 e. The lowest BCUT2D eigenvalue weighted by atomic mass is 10.1. The summed E-state index contributed by atoms with van der Waals surface area (Å²) in [6.45, 7) is 1.92. The molecule has 1 aromatic carbocycles. The topological polar surface area (TPSA) is 46.3 Å². The van der Waals surface area contributed by atoms with Crippen LogP contribution in [-0.2, 0) is 0 Å². The number of fused-ring (bicyclic) bond motifs is 2. The zero-order valence-electron chi connectivity index (χ0n) is 11.3. The molecule has 0 atom stereocenters. The van der Waals surface area contributed by atoms with Crippen molar-refractivity contribution >= 4 is 37.9 Å². The highest BCUT2D eigenvalue weighted by Gasteiger charge is 2.19. The smallest absolute Gasteiger partial charge is 0.243 e. The lowest BCUT2D eigenvalue weighted by Crippen LogP contribution is -2.29. The lowest BCUT2D eigenvalue weighted by molar-refractivity contribution is 0.575. The van der Waals surface area contributed by atoms with E-state index in [0.29, 0.717) is 15.8 Å². The van der Waals surface area contributed by atoms with E-state index in [0.717, 1.165) is 31.1 Å². The molecular weight excluding hydrogens is 291 g/mol. The number of aromatic nitrogens is 1. The number of piperidine rings is 1. The molecule has 108 valence electrons. The van der Waals surface area contributed by atoms with Gasteiger partial charge < -0.3 is 9.32 Å². The van der Waals surface area contributed by atoms with E-state index in [4.69, 9.17) is 4.42 Å². The molecule has 0 aliphatic carbocycles. The van der Waals surface area contributed by atoms with Gasteiger partial charge in [-0.05, 0) is 31.4 Å². The van der Waals surface area contributed by atoms with Crippen LogP contribution >= 0.6 is 11.3 Å². The largest absolute Gasteiger partial charge is 0.436 e. The van der Waals surface area contributed by atoms with Crippen LogP contribution in [0.2, 0.25) is 0 Å². The van der Waals surface area contributed by atoms with Crippen LogP contribution in [0.15, 0.2) is 27.4 Å². The molecule has 21 heavy (non-hydrogen) atoms. The molecule has 0 saturated carbocycles. The van der Waals surface area contributed by atoms with Gasteiger partial charge in [0.15, 0.2) is 5.13 Å². The summed E-state index contributed by atoms with van der Waals surface area (Å²) in [6, 6.07) is 3.98. The maximum absolute atomic E-state index is 13.3. The van der Waals surface area contributed by atoms with Crippen LogP contribution in [0.3, 0.4) is 0 Å². The molecule has 0 unspecified atom stereocenters. The van der Waals surface area contributed by atoms with E-state index < -0.39 is 5.82 Å². The van der Waals surface area contributed by atoms with Crippen molar-refractivity contribution in [2.75, 3.05) is 18.0 Å². The van der Waals surface area contributed by atoms with Crippen molar-refractivity contribution in [2.24, 2.45) is 0 Å². The van der Waals surface area contributed by atoms with Crippen molar-refractivity contribution in [1.82, 2.24) is 4.98 Å². The first-order valence-electron chi connectivity index (χ1n) is 7.00. The Bertz CT molecular complexity index is 880. The first kappa shape index (κ1) is 12.8. The van der Waals surface area contributed by atoms with Gasteiger partial charge in [0.2, 0.25) is 11.1 Å². The maximum atomic E-state index is 13.3. The molecule has 6 heteroatoms. The lowest BCUT2D eigenvalue weighted by Gasteiger charge is -2.25. The summed E-state index contributed by atoms with van der Waals surface area (Å²) in [5.74, 6) is -0.420. The minimum atomic E-state index is -0.420. The normalized spacial score (nSPS) is 16.0. The van der Waals surface area contributed by atoms with Gasteiger partial charge in [-0.3, -0.25) is 4.79 Å². The third-order valence-electron chi connectivity index (χ3n) is 3.81. The van der Waals surface area contributed by atoms with Crippen molar-refractivity contribution in [3.63, 3.8) is 0 Å².